The van der Waals surface area contributed by atoms with E-state index in [0.29, 0.717) is 13.2 Å². The van der Waals surface area contributed by atoms with Crippen LogP contribution < -0.4 is 15.4 Å². The molecule has 3 amide bonds. The third-order valence-corrected chi connectivity index (χ3v) is 6.43. The zero-order valence-electron chi connectivity index (χ0n) is 19.3. The van der Waals surface area contributed by atoms with Gasteiger partial charge in [-0.15, -0.1) is 0 Å². The van der Waals surface area contributed by atoms with E-state index in [0.717, 1.165) is 62.3 Å². The van der Waals surface area contributed by atoms with Crippen LogP contribution >= 0.6 is 0 Å². The Bertz CT molecular complexity index is 911. The number of nitrogens with one attached hydrogen (secondary N) is 2. The van der Waals surface area contributed by atoms with Crippen molar-refractivity contribution in [2.24, 2.45) is 0 Å². The average Bonchev–Trinajstić information content (AvgIpc) is 3.32. The summed E-state index contributed by atoms with van der Waals surface area (Å²) in [6.07, 6.45) is 3.70. The van der Waals surface area contributed by atoms with Gasteiger partial charge in [0.05, 0.1) is 19.2 Å². The first-order valence-corrected chi connectivity index (χ1v) is 12.0. The van der Waals surface area contributed by atoms with E-state index in [1.807, 2.05) is 54.3 Å². The number of ether oxygens (including phenoxy) is 1. The van der Waals surface area contributed by atoms with E-state index >= 15 is 0 Å². The minimum atomic E-state index is -0.000973. The largest absolute Gasteiger partial charge is 0.494 e. The highest BCUT2D eigenvalue weighted by atomic mass is 16.5. The molecule has 33 heavy (non-hydrogen) atoms. The topological polar surface area (TPSA) is 73.9 Å². The van der Waals surface area contributed by atoms with Crippen molar-refractivity contribution in [2.45, 2.75) is 44.7 Å². The molecule has 176 valence electrons. The predicted octanol–water partition coefficient (Wildman–Crippen LogP) is 4.03. The lowest BCUT2D eigenvalue weighted by molar-refractivity contribution is -0.117. The second kappa shape index (κ2) is 11.2. The van der Waals surface area contributed by atoms with E-state index in [9.17, 15) is 9.59 Å². The summed E-state index contributed by atoms with van der Waals surface area (Å²) in [5.74, 6) is 0.860. The number of hydrogen-bond donors (Lipinski definition) is 2. The number of para-hydroxylation sites is 1. The third kappa shape index (κ3) is 6.26. The Morgan fingerprint density at radius 1 is 0.970 bits per heavy atom. The number of piperidine rings is 1. The summed E-state index contributed by atoms with van der Waals surface area (Å²) in [5.41, 5.74) is 1.97. The normalized spacial score (nSPS) is 19.3. The maximum Gasteiger partial charge on any atom is 0.318 e. The number of benzene rings is 2. The molecule has 2 aromatic carbocycles. The van der Waals surface area contributed by atoms with Gasteiger partial charge in [-0.1, -0.05) is 30.3 Å². The molecule has 2 fully saturated rings. The summed E-state index contributed by atoms with van der Waals surface area (Å²) < 4.78 is 5.54. The highest BCUT2D eigenvalue weighted by molar-refractivity contribution is 5.92. The first-order chi connectivity index (χ1) is 16.1. The van der Waals surface area contributed by atoms with Crippen LogP contribution in [0.4, 0.5) is 10.5 Å². The summed E-state index contributed by atoms with van der Waals surface area (Å²) in [6, 6.07) is 17.9. The van der Waals surface area contributed by atoms with Gasteiger partial charge < -0.3 is 20.3 Å². The van der Waals surface area contributed by atoms with Crippen LogP contribution in [0.1, 0.15) is 44.2 Å². The van der Waals surface area contributed by atoms with Crippen LogP contribution in [0, 0.1) is 0 Å². The molecule has 2 aliphatic heterocycles. The fourth-order valence-electron chi connectivity index (χ4n) is 4.73. The molecule has 0 saturated carbocycles. The SMILES string of the molecule is CCOc1ccc(C2CCCN2C(=O)NC2CCN(CC(=O)Nc3ccccc3)CC2)cc1. The monoisotopic (exact) mass is 450 g/mol. The second-order valence-electron chi connectivity index (χ2n) is 8.77. The van der Waals surface area contributed by atoms with Gasteiger partial charge in [-0.2, -0.15) is 0 Å². The summed E-state index contributed by atoms with van der Waals surface area (Å²) in [7, 11) is 0. The van der Waals surface area contributed by atoms with Crippen LogP contribution in [0.2, 0.25) is 0 Å². The van der Waals surface area contributed by atoms with Crippen LogP contribution in [0.25, 0.3) is 0 Å². The minimum Gasteiger partial charge on any atom is -0.494 e. The Labute approximate surface area is 196 Å². The smallest absolute Gasteiger partial charge is 0.318 e. The van der Waals surface area contributed by atoms with E-state index in [1.165, 1.54) is 0 Å². The molecule has 7 heteroatoms. The Morgan fingerprint density at radius 2 is 1.70 bits per heavy atom. The van der Waals surface area contributed by atoms with Crippen molar-refractivity contribution < 1.29 is 14.3 Å². The summed E-state index contributed by atoms with van der Waals surface area (Å²) >= 11 is 0. The standard InChI is InChI=1S/C26H34N4O3/c1-2-33-23-12-10-20(11-13-23)24-9-6-16-30(24)26(32)28-22-14-17-29(18-15-22)19-25(31)27-21-7-4-3-5-8-21/h3-5,7-8,10-13,22,24H,2,6,9,14-19H2,1H3,(H,27,31)(H,28,32). The summed E-state index contributed by atoms with van der Waals surface area (Å²) in [5, 5.41) is 6.18. The Morgan fingerprint density at radius 3 is 2.39 bits per heavy atom. The lowest BCUT2D eigenvalue weighted by atomic mass is 10.0. The average molecular weight is 451 g/mol. The number of hydrogen-bond acceptors (Lipinski definition) is 4. The van der Waals surface area contributed by atoms with Crippen LogP contribution in [-0.2, 0) is 4.79 Å². The molecule has 1 unspecified atom stereocenters. The van der Waals surface area contributed by atoms with Gasteiger partial charge in [-0.3, -0.25) is 9.69 Å². The first-order valence-electron chi connectivity index (χ1n) is 12.0. The van der Waals surface area contributed by atoms with Crippen molar-refractivity contribution >= 4 is 17.6 Å². The van der Waals surface area contributed by atoms with Gasteiger partial charge in [0.1, 0.15) is 5.75 Å². The molecule has 2 aliphatic rings. The number of nitrogens with zero attached hydrogens (tertiary/aromatic N) is 2. The zero-order valence-corrected chi connectivity index (χ0v) is 19.3. The van der Waals surface area contributed by atoms with Crippen molar-refractivity contribution in [3.8, 4) is 5.75 Å². The van der Waals surface area contributed by atoms with Gasteiger partial charge in [-0.25, -0.2) is 4.79 Å². The molecule has 4 rings (SSSR count). The van der Waals surface area contributed by atoms with Gasteiger partial charge >= 0.3 is 6.03 Å². The van der Waals surface area contributed by atoms with Crippen LogP contribution in [-0.4, -0.2) is 60.6 Å². The number of likely N-dealkylation sites (tertiary alicyclic amines) is 2. The molecule has 1 atom stereocenters. The summed E-state index contributed by atoms with van der Waals surface area (Å²) in [4.78, 5) is 29.5. The fraction of sp³-hybridized carbons (Fsp3) is 0.462. The van der Waals surface area contributed by atoms with Gasteiger partial charge in [0, 0.05) is 31.4 Å². The lowest BCUT2D eigenvalue weighted by Gasteiger charge is -2.34. The molecule has 0 spiro atoms. The van der Waals surface area contributed by atoms with Crippen LogP contribution in [0.5, 0.6) is 5.75 Å². The molecule has 0 radical (unpaired) electrons. The minimum absolute atomic E-state index is 0.000973. The fourth-order valence-corrected chi connectivity index (χ4v) is 4.73. The number of amides is 3. The lowest BCUT2D eigenvalue weighted by Crippen LogP contribution is -2.50. The van der Waals surface area contributed by atoms with E-state index in [2.05, 4.69) is 27.7 Å². The highest BCUT2D eigenvalue weighted by Gasteiger charge is 2.32. The predicted molar refractivity (Wildman–Crippen MR) is 129 cm³/mol. The van der Waals surface area contributed by atoms with Crippen molar-refractivity contribution in [1.82, 2.24) is 15.1 Å². The zero-order chi connectivity index (χ0) is 23.0. The number of carbonyl (C=O) groups is 2. The molecule has 2 N–H and O–H groups in total. The number of rotatable bonds is 7. The molecule has 2 saturated heterocycles. The molecular formula is C26H34N4O3. The van der Waals surface area contributed by atoms with Gasteiger partial charge in [0.2, 0.25) is 5.91 Å². The molecule has 2 aromatic rings. The van der Waals surface area contributed by atoms with E-state index < -0.39 is 0 Å². The summed E-state index contributed by atoms with van der Waals surface area (Å²) in [6.45, 7) is 5.38. The number of carbonyl (C=O) groups excluding carboxylic acids is 2. The van der Waals surface area contributed by atoms with Crippen LogP contribution in [0.15, 0.2) is 54.6 Å². The van der Waals surface area contributed by atoms with Crippen molar-refractivity contribution in [3.63, 3.8) is 0 Å². The molecule has 7 nitrogen and oxygen atoms in total. The van der Waals surface area contributed by atoms with Crippen molar-refractivity contribution in [1.29, 1.82) is 0 Å². The third-order valence-electron chi connectivity index (χ3n) is 6.43. The van der Waals surface area contributed by atoms with Gasteiger partial charge in [-0.05, 0) is 62.4 Å². The Hall–Kier alpha value is -3.06. The molecule has 0 aliphatic carbocycles. The van der Waals surface area contributed by atoms with Crippen LogP contribution in [0.3, 0.4) is 0 Å². The maximum atomic E-state index is 13.0. The van der Waals surface area contributed by atoms with Gasteiger partial charge in [0.25, 0.3) is 0 Å². The molecule has 0 aromatic heterocycles. The second-order valence-corrected chi connectivity index (χ2v) is 8.77. The number of anilines is 1. The van der Waals surface area contributed by atoms with Crippen molar-refractivity contribution in [2.75, 3.05) is 38.1 Å². The Kier molecular flexibility index (Phi) is 7.83. The van der Waals surface area contributed by atoms with E-state index in [4.69, 9.17) is 4.74 Å². The van der Waals surface area contributed by atoms with Gasteiger partial charge in [0.15, 0.2) is 0 Å². The van der Waals surface area contributed by atoms with E-state index in [1.54, 1.807) is 0 Å². The van der Waals surface area contributed by atoms with E-state index in [-0.39, 0.29) is 24.0 Å². The Balaban J connectivity index is 1.23. The molecular weight excluding hydrogens is 416 g/mol. The molecule has 0 bridgehead atoms. The highest BCUT2D eigenvalue weighted by Crippen LogP contribution is 2.33. The number of urea groups is 1. The first kappa shape index (κ1) is 23.1. The quantitative estimate of drug-likeness (QED) is 0.668. The van der Waals surface area contributed by atoms with Crippen molar-refractivity contribution in [3.05, 3.63) is 60.2 Å². The maximum absolute atomic E-state index is 13.0. The molecule has 2 heterocycles.